The van der Waals surface area contributed by atoms with Crippen LogP contribution in [0.3, 0.4) is 0 Å². The van der Waals surface area contributed by atoms with E-state index in [9.17, 15) is 14.5 Å². The summed E-state index contributed by atoms with van der Waals surface area (Å²) < 4.78 is 0. The number of ketones is 2. The minimum Gasteiger partial charge on any atom is -0.297 e. The van der Waals surface area contributed by atoms with Crippen molar-refractivity contribution in [2.75, 3.05) is 6.54 Å². The number of hydrogen-bond acceptors (Lipinski definition) is 4. The summed E-state index contributed by atoms with van der Waals surface area (Å²) in [7, 11) is 0. The van der Waals surface area contributed by atoms with Crippen LogP contribution in [0.25, 0.3) is 0 Å². The number of nitroso groups, excluding NO2 is 1. The Morgan fingerprint density at radius 3 is 2.52 bits per heavy atom. The van der Waals surface area contributed by atoms with Crippen molar-refractivity contribution in [1.29, 1.82) is 0 Å². The molecule has 25 heavy (non-hydrogen) atoms. The molecule has 6 unspecified atom stereocenters. The van der Waals surface area contributed by atoms with Crippen LogP contribution in [0, 0.1) is 40.4 Å². The third-order valence-electron chi connectivity index (χ3n) is 6.85. The van der Waals surface area contributed by atoms with Crippen LogP contribution in [0.2, 0.25) is 0 Å². The highest BCUT2D eigenvalue weighted by Gasteiger charge is 2.45. The van der Waals surface area contributed by atoms with Gasteiger partial charge in [-0.05, 0) is 67.4 Å². The molecule has 0 amide bonds. The van der Waals surface area contributed by atoms with E-state index in [1.807, 2.05) is 0 Å². The molecule has 0 aromatic heterocycles. The first-order valence-electron chi connectivity index (χ1n) is 9.63. The van der Waals surface area contributed by atoms with E-state index >= 15 is 0 Å². The van der Waals surface area contributed by atoms with Gasteiger partial charge in [-0.1, -0.05) is 44.5 Å². The third kappa shape index (κ3) is 4.16. The second-order valence-corrected chi connectivity index (χ2v) is 7.85. The molecular weight excluding hydrogens is 314 g/mol. The summed E-state index contributed by atoms with van der Waals surface area (Å²) in [5.74, 6) is 2.39. The Labute approximate surface area is 151 Å². The lowest BCUT2D eigenvalue weighted by atomic mass is 9.62. The fraction of sp³-hybridized carbons (Fsp3) is 0.714. The molecular formula is C21H31NO3. The highest BCUT2D eigenvalue weighted by Crippen LogP contribution is 2.51. The van der Waals surface area contributed by atoms with Crippen LogP contribution in [0.4, 0.5) is 0 Å². The molecule has 2 aliphatic rings. The smallest absolute Gasteiger partial charge is 0.178 e. The first-order valence-corrected chi connectivity index (χ1v) is 9.63. The maximum absolute atomic E-state index is 12.2. The Bertz CT molecular complexity index is 565. The Hall–Kier alpha value is -1.58. The fourth-order valence-corrected chi connectivity index (χ4v) is 5.49. The van der Waals surface area contributed by atoms with Crippen molar-refractivity contribution < 1.29 is 9.59 Å². The highest BCUT2D eigenvalue weighted by atomic mass is 16.3. The second kappa shape index (κ2) is 8.68. The van der Waals surface area contributed by atoms with Crippen molar-refractivity contribution in [3.8, 4) is 0 Å². The number of rotatable bonds is 7. The molecule has 0 bridgehead atoms. The van der Waals surface area contributed by atoms with Crippen molar-refractivity contribution >= 4 is 11.6 Å². The van der Waals surface area contributed by atoms with Crippen LogP contribution in [0.15, 0.2) is 29.5 Å². The molecule has 0 saturated heterocycles. The number of nitrogens with zero attached hydrogens (tertiary/aromatic N) is 1. The SMILES string of the molecule is C=CC(=O)/C=C1/CCC(C2CCC(C(=O)CN=O)C2C)C(CC)C1C. The topological polar surface area (TPSA) is 63.6 Å². The third-order valence-corrected chi connectivity index (χ3v) is 6.85. The Balaban J connectivity index is 2.14. The standard InChI is InChI=1S/C21H31NO3/c1-5-16(23)11-15-7-8-20(17(6-2)13(15)3)18-9-10-19(14(18)4)21(24)12-22-25/h5,11,13-14,17-20H,1,6-10,12H2,2-4H3/b15-11-. The van der Waals surface area contributed by atoms with Gasteiger partial charge in [-0.15, -0.1) is 0 Å². The van der Waals surface area contributed by atoms with Crippen LogP contribution in [-0.4, -0.2) is 18.1 Å². The molecule has 0 heterocycles. The van der Waals surface area contributed by atoms with Gasteiger partial charge in [-0.3, -0.25) is 9.59 Å². The summed E-state index contributed by atoms with van der Waals surface area (Å²) in [6.45, 7) is 10.0. The van der Waals surface area contributed by atoms with Gasteiger partial charge in [0.15, 0.2) is 11.6 Å². The van der Waals surface area contributed by atoms with E-state index in [0.29, 0.717) is 29.6 Å². The summed E-state index contributed by atoms with van der Waals surface area (Å²) in [5.41, 5.74) is 1.25. The van der Waals surface area contributed by atoms with Crippen LogP contribution >= 0.6 is 0 Å². The van der Waals surface area contributed by atoms with Gasteiger partial charge in [-0.2, -0.15) is 4.91 Å². The summed E-state index contributed by atoms with van der Waals surface area (Å²) in [5, 5.41) is 2.79. The van der Waals surface area contributed by atoms with Crippen LogP contribution in [-0.2, 0) is 9.59 Å². The average molecular weight is 345 g/mol. The Kier molecular flexibility index (Phi) is 6.86. The van der Waals surface area contributed by atoms with Crippen molar-refractivity contribution in [2.45, 2.75) is 52.9 Å². The van der Waals surface area contributed by atoms with Gasteiger partial charge in [0.05, 0.1) is 0 Å². The quantitative estimate of drug-likeness (QED) is 0.494. The first kappa shape index (κ1) is 19.7. The van der Waals surface area contributed by atoms with Gasteiger partial charge in [0.25, 0.3) is 0 Å². The summed E-state index contributed by atoms with van der Waals surface area (Å²) >= 11 is 0. The molecule has 2 rings (SSSR count). The molecule has 4 nitrogen and oxygen atoms in total. The summed E-state index contributed by atoms with van der Waals surface area (Å²) in [4.78, 5) is 34.3. The van der Waals surface area contributed by atoms with Crippen molar-refractivity contribution in [2.24, 2.45) is 40.7 Å². The van der Waals surface area contributed by atoms with E-state index in [1.54, 1.807) is 6.08 Å². The van der Waals surface area contributed by atoms with Gasteiger partial charge in [0.2, 0.25) is 0 Å². The zero-order valence-electron chi connectivity index (χ0n) is 15.7. The molecule has 4 heteroatoms. The number of allylic oxidation sites excluding steroid dienone is 3. The largest absolute Gasteiger partial charge is 0.297 e. The van der Waals surface area contributed by atoms with E-state index in [4.69, 9.17) is 0 Å². The van der Waals surface area contributed by atoms with E-state index in [0.717, 1.165) is 32.1 Å². The first-order chi connectivity index (χ1) is 11.9. The van der Waals surface area contributed by atoms with Gasteiger partial charge in [0, 0.05) is 5.92 Å². The zero-order valence-corrected chi connectivity index (χ0v) is 15.7. The van der Waals surface area contributed by atoms with Crippen LogP contribution in [0.1, 0.15) is 52.9 Å². The predicted molar refractivity (Wildman–Crippen MR) is 100 cm³/mol. The molecule has 2 aliphatic carbocycles. The number of hydrogen-bond donors (Lipinski definition) is 0. The minimum atomic E-state index is -0.184. The summed E-state index contributed by atoms with van der Waals surface area (Å²) in [6.07, 6.45) is 8.23. The molecule has 2 fully saturated rings. The normalized spacial score (nSPS) is 37.0. The maximum atomic E-state index is 12.2. The maximum Gasteiger partial charge on any atom is 0.178 e. The van der Waals surface area contributed by atoms with Gasteiger partial charge < -0.3 is 0 Å². The molecule has 0 aliphatic heterocycles. The zero-order chi connectivity index (χ0) is 18.6. The van der Waals surface area contributed by atoms with Gasteiger partial charge in [-0.25, -0.2) is 0 Å². The van der Waals surface area contributed by atoms with E-state index in [1.165, 1.54) is 11.6 Å². The fourth-order valence-electron chi connectivity index (χ4n) is 5.49. The van der Waals surface area contributed by atoms with E-state index in [-0.39, 0.29) is 24.0 Å². The summed E-state index contributed by atoms with van der Waals surface area (Å²) in [6, 6.07) is 0. The average Bonchev–Trinajstić information content (AvgIpc) is 2.98. The molecule has 0 radical (unpaired) electrons. The Morgan fingerprint density at radius 2 is 1.92 bits per heavy atom. The van der Waals surface area contributed by atoms with Crippen molar-refractivity contribution in [3.05, 3.63) is 29.2 Å². The van der Waals surface area contributed by atoms with E-state index in [2.05, 4.69) is 32.5 Å². The number of Topliss-reactive ketones (excluding diaryl/α,β-unsaturated/α-hetero) is 1. The second-order valence-electron chi connectivity index (χ2n) is 7.85. The number of carbonyl (C=O) groups is 2. The van der Waals surface area contributed by atoms with Crippen molar-refractivity contribution in [3.63, 3.8) is 0 Å². The molecule has 6 atom stereocenters. The molecule has 0 aromatic carbocycles. The molecule has 2 saturated carbocycles. The lowest BCUT2D eigenvalue weighted by Gasteiger charge is -2.42. The molecule has 0 spiro atoms. The minimum absolute atomic E-state index is 0.00332. The van der Waals surface area contributed by atoms with Crippen LogP contribution in [0.5, 0.6) is 0 Å². The highest BCUT2D eigenvalue weighted by molar-refractivity contribution is 5.99. The predicted octanol–water partition coefficient (Wildman–Crippen LogP) is 4.74. The number of carbonyl (C=O) groups excluding carboxylic acids is 2. The van der Waals surface area contributed by atoms with Gasteiger partial charge >= 0.3 is 0 Å². The molecule has 0 N–H and O–H groups in total. The molecule has 138 valence electrons. The monoisotopic (exact) mass is 345 g/mol. The van der Waals surface area contributed by atoms with E-state index < -0.39 is 0 Å². The van der Waals surface area contributed by atoms with Crippen molar-refractivity contribution in [1.82, 2.24) is 0 Å². The molecule has 0 aromatic rings. The van der Waals surface area contributed by atoms with Crippen LogP contribution < -0.4 is 0 Å². The Morgan fingerprint density at radius 1 is 1.20 bits per heavy atom. The van der Waals surface area contributed by atoms with Gasteiger partial charge in [0.1, 0.15) is 6.54 Å². The lowest BCUT2D eigenvalue weighted by molar-refractivity contribution is -0.122. The lowest BCUT2D eigenvalue weighted by Crippen LogP contribution is -2.35.